The Labute approximate surface area is 136 Å². The lowest BCUT2D eigenvalue weighted by molar-refractivity contribution is -0.122. The van der Waals surface area contributed by atoms with Gasteiger partial charge in [-0.25, -0.2) is 0 Å². The number of aryl methyl sites for hydroxylation is 1. The highest BCUT2D eigenvalue weighted by molar-refractivity contribution is 5.98. The summed E-state index contributed by atoms with van der Waals surface area (Å²) in [7, 11) is 0. The van der Waals surface area contributed by atoms with Crippen LogP contribution in [0.5, 0.6) is 5.75 Å². The number of nitrogens with one attached hydrogen (secondary N) is 1. The molecule has 4 nitrogen and oxygen atoms in total. The second kappa shape index (κ2) is 7.58. The first-order valence-corrected chi connectivity index (χ1v) is 7.67. The van der Waals surface area contributed by atoms with E-state index in [-0.39, 0.29) is 11.7 Å². The van der Waals surface area contributed by atoms with Crippen LogP contribution in [0.25, 0.3) is 0 Å². The lowest BCUT2D eigenvalue weighted by atomic mass is 10.1. The lowest BCUT2D eigenvalue weighted by Crippen LogP contribution is -2.30. The molecule has 0 fully saturated rings. The number of ether oxygens (including phenoxy) is 1. The Balaban J connectivity index is 1.99. The molecule has 120 valence electrons. The van der Waals surface area contributed by atoms with Gasteiger partial charge in [0.05, 0.1) is 0 Å². The van der Waals surface area contributed by atoms with Crippen LogP contribution in [-0.4, -0.2) is 17.8 Å². The number of carbonyl (C=O) groups is 2. The van der Waals surface area contributed by atoms with Gasteiger partial charge in [0.15, 0.2) is 11.9 Å². The minimum Gasteiger partial charge on any atom is -0.481 e. The van der Waals surface area contributed by atoms with E-state index in [1.807, 2.05) is 24.3 Å². The smallest absolute Gasteiger partial charge is 0.265 e. The van der Waals surface area contributed by atoms with Crippen molar-refractivity contribution >= 4 is 17.4 Å². The molecule has 1 amide bonds. The highest BCUT2D eigenvalue weighted by Crippen LogP contribution is 2.16. The number of carbonyl (C=O) groups excluding carboxylic acids is 2. The number of amides is 1. The van der Waals surface area contributed by atoms with Gasteiger partial charge in [-0.05, 0) is 50.1 Å². The number of ketones is 1. The molecule has 1 unspecified atom stereocenters. The molecule has 0 radical (unpaired) electrons. The molecule has 0 bridgehead atoms. The zero-order valence-electron chi connectivity index (χ0n) is 13.6. The summed E-state index contributed by atoms with van der Waals surface area (Å²) in [5.41, 5.74) is 2.36. The van der Waals surface area contributed by atoms with E-state index in [1.165, 1.54) is 12.5 Å². The fourth-order valence-corrected chi connectivity index (χ4v) is 2.12. The molecular formula is C19H21NO3. The quantitative estimate of drug-likeness (QED) is 0.824. The number of Topliss-reactive ketones (excluding diaryl/α,β-unsaturated/α-hetero) is 1. The Morgan fingerprint density at radius 3 is 2.43 bits per heavy atom. The van der Waals surface area contributed by atoms with Gasteiger partial charge >= 0.3 is 0 Å². The molecule has 0 aliphatic heterocycles. The average molecular weight is 311 g/mol. The van der Waals surface area contributed by atoms with Crippen molar-refractivity contribution in [2.75, 3.05) is 5.32 Å². The number of rotatable bonds is 6. The maximum atomic E-state index is 12.2. The lowest BCUT2D eigenvalue weighted by Gasteiger charge is -2.15. The molecule has 1 N–H and O–H groups in total. The van der Waals surface area contributed by atoms with Crippen LogP contribution in [0.2, 0.25) is 0 Å². The van der Waals surface area contributed by atoms with Gasteiger partial charge < -0.3 is 10.1 Å². The third-order valence-corrected chi connectivity index (χ3v) is 3.55. The second-order valence-corrected chi connectivity index (χ2v) is 5.38. The van der Waals surface area contributed by atoms with Crippen molar-refractivity contribution in [3.05, 3.63) is 59.7 Å². The molecule has 1 atom stereocenters. The van der Waals surface area contributed by atoms with Gasteiger partial charge in [-0.1, -0.05) is 31.2 Å². The van der Waals surface area contributed by atoms with Crippen LogP contribution in [0.4, 0.5) is 5.69 Å². The van der Waals surface area contributed by atoms with Crippen LogP contribution in [0.3, 0.4) is 0 Å². The highest BCUT2D eigenvalue weighted by Gasteiger charge is 2.15. The van der Waals surface area contributed by atoms with E-state index < -0.39 is 6.10 Å². The Kier molecular flexibility index (Phi) is 5.52. The molecular weight excluding hydrogens is 290 g/mol. The summed E-state index contributed by atoms with van der Waals surface area (Å²) in [5, 5.41) is 2.76. The van der Waals surface area contributed by atoms with Gasteiger partial charge in [0, 0.05) is 11.3 Å². The molecule has 23 heavy (non-hydrogen) atoms. The van der Waals surface area contributed by atoms with Crippen LogP contribution in [0.1, 0.15) is 36.7 Å². The molecule has 0 aliphatic carbocycles. The molecule has 2 aromatic carbocycles. The van der Waals surface area contributed by atoms with E-state index in [0.29, 0.717) is 17.0 Å². The third kappa shape index (κ3) is 4.68. The SMILES string of the molecule is CCc1ccc(OC(C)C(=O)Nc2cccc(C(C)=O)c2)cc1. The fourth-order valence-electron chi connectivity index (χ4n) is 2.12. The molecule has 2 rings (SSSR count). The van der Waals surface area contributed by atoms with Gasteiger partial charge in [-0.15, -0.1) is 0 Å². The second-order valence-electron chi connectivity index (χ2n) is 5.38. The topological polar surface area (TPSA) is 55.4 Å². The molecule has 0 aromatic heterocycles. The molecule has 2 aromatic rings. The van der Waals surface area contributed by atoms with Gasteiger partial charge in [-0.3, -0.25) is 9.59 Å². The van der Waals surface area contributed by atoms with Crippen LogP contribution in [0, 0.1) is 0 Å². The normalized spacial score (nSPS) is 11.6. The standard InChI is InChI=1S/C19H21NO3/c1-4-15-8-10-18(11-9-15)23-14(3)19(22)20-17-7-5-6-16(12-17)13(2)21/h5-12,14H,4H2,1-3H3,(H,20,22). The molecule has 0 saturated heterocycles. The predicted octanol–water partition coefficient (Wildman–Crippen LogP) is 3.86. The molecule has 0 spiro atoms. The Bertz CT molecular complexity index is 692. The van der Waals surface area contributed by atoms with E-state index in [1.54, 1.807) is 31.2 Å². The van der Waals surface area contributed by atoms with E-state index >= 15 is 0 Å². The third-order valence-electron chi connectivity index (χ3n) is 3.55. The van der Waals surface area contributed by atoms with Gasteiger partial charge in [0.1, 0.15) is 5.75 Å². The highest BCUT2D eigenvalue weighted by atomic mass is 16.5. The number of benzene rings is 2. The van der Waals surface area contributed by atoms with Gasteiger partial charge in [0.2, 0.25) is 0 Å². The maximum Gasteiger partial charge on any atom is 0.265 e. The summed E-state index contributed by atoms with van der Waals surface area (Å²) < 4.78 is 5.65. The van der Waals surface area contributed by atoms with Gasteiger partial charge in [0.25, 0.3) is 5.91 Å². The van der Waals surface area contributed by atoms with E-state index in [4.69, 9.17) is 4.74 Å². The summed E-state index contributed by atoms with van der Waals surface area (Å²) in [6, 6.07) is 14.5. The van der Waals surface area contributed by atoms with E-state index in [9.17, 15) is 9.59 Å². The summed E-state index contributed by atoms with van der Waals surface area (Å²) in [6.45, 7) is 5.27. The number of hydrogen-bond acceptors (Lipinski definition) is 3. The van der Waals surface area contributed by atoms with Crippen molar-refractivity contribution in [3.63, 3.8) is 0 Å². The minimum absolute atomic E-state index is 0.0404. The Morgan fingerprint density at radius 2 is 1.83 bits per heavy atom. The van der Waals surface area contributed by atoms with Crippen LogP contribution >= 0.6 is 0 Å². The first-order valence-electron chi connectivity index (χ1n) is 7.67. The van der Waals surface area contributed by atoms with Crippen molar-refractivity contribution in [3.8, 4) is 5.75 Å². The Morgan fingerprint density at radius 1 is 1.13 bits per heavy atom. The first-order chi connectivity index (χ1) is 11.0. The van der Waals surface area contributed by atoms with Crippen molar-refractivity contribution in [1.29, 1.82) is 0 Å². The van der Waals surface area contributed by atoms with Crippen molar-refractivity contribution in [2.24, 2.45) is 0 Å². The molecule has 0 heterocycles. The average Bonchev–Trinajstić information content (AvgIpc) is 2.55. The van der Waals surface area contributed by atoms with Crippen LogP contribution < -0.4 is 10.1 Å². The summed E-state index contributed by atoms with van der Waals surface area (Å²) in [4.78, 5) is 23.6. The van der Waals surface area contributed by atoms with E-state index in [0.717, 1.165) is 6.42 Å². The number of anilines is 1. The Hall–Kier alpha value is -2.62. The maximum absolute atomic E-state index is 12.2. The number of hydrogen-bond donors (Lipinski definition) is 1. The summed E-state index contributed by atoms with van der Waals surface area (Å²) >= 11 is 0. The first kappa shape index (κ1) is 16.7. The minimum atomic E-state index is -0.636. The monoisotopic (exact) mass is 311 g/mol. The molecule has 4 heteroatoms. The zero-order valence-corrected chi connectivity index (χ0v) is 13.6. The van der Waals surface area contributed by atoms with E-state index in [2.05, 4.69) is 12.2 Å². The van der Waals surface area contributed by atoms with Crippen LogP contribution in [-0.2, 0) is 11.2 Å². The zero-order chi connectivity index (χ0) is 16.8. The molecule has 0 saturated carbocycles. The van der Waals surface area contributed by atoms with Crippen LogP contribution in [0.15, 0.2) is 48.5 Å². The molecule has 0 aliphatic rings. The van der Waals surface area contributed by atoms with Crippen molar-refractivity contribution in [1.82, 2.24) is 0 Å². The van der Waals surface area contributed by atoms with Crippen molar-refractivity contribution < 1.29 is 14.3 Å². The summed E-state index contributed by atoms with van der Waals surface area (Å²) in [6.07, 6.45) is 0.325. The predicted molar refractivity (Wildman–Crippen MR) is 91.0 cm³/mol. The fraction of sp³-hybridized carbons (Fsp3) is 0.263. The largest absolute Gasteiger partial charge is 0.481 e. The summed E-state index contributed by atoms with van der Waals surface area (Å²) in [5.74, 6) is 0.356. The van der Waals surface area contributed by atoms with Gasteiger partial charge in [-0.2, -0.15) is 0 Å². The van der Waals surface area contributed by atoms with Crippen molar-refractivity contribution in [2.45, 2.75) is 33.3 Å².